The number of carbonyl (C=O) groups excluding carboxylic acids is 2. The SMILES string of the molecule is CC1=CC2/C=C(\C)CCC(O)C/C=C/C(=O)OC23C(=O)NC(CC(C)C)C3C1C. The number of esters is 1. The zero-order valence-electron chi connectivity index (χ0n) is 18.3. The van der Waals surface area contributed by atoms with Crippen LogP contribution in [0.25, 0.3) is 0 Å². The zero-order chi connectivity index (χ0) is 21.3. The van der Waals surface area contributed by atoms with Gasteiger partial charge in [-0.15, -0.1) is 0 Å². The summed E-state index contributed by atoms with van der Waals surface area (Å²) in [6.07, 6.45) is 9.34. The summed E-state index contributed by atoms with van der Waals surface area (Å²) >= 11 is 0. The number of amides is 1. The molecule has 6 atom stereocenters. The molecule has 2 N–H and O–H groups in total. The van der Waals surface area contributed by atoms with E-state index in [0.29, 0.717) is 18.8 Å². The first-order valence-electron chi connectivity index (χ1n) is 10.9. The Morgan fingerprint density at radius 1 is 1.28 bits per heavy atom. The first-order chi connectivity index (χ1) is 13.6. The van der Waals surface area contributed by atoms with E-state index >= 15 is 0 Å². The Kier molecular flexibility index (Phi) is 6.37. The molecule has 0 radical (unpaired) electrons. The molecule has 2 heterocycles. The number of nitrogens with one attached hydrogen (secondary N) is 1. The van der Waals surface area contributed by atoms with Crippen LogP contribution in [0.4, 0.5) is 0 Å². The van der Waals surface area contributed by atoms with Crippen LogP contribution < -0.4 is 5.32 Å². The molecule has 3 aliphatic rings. The van der Waals surface area contributed by atoms with Crippen molar-refractivity contribution >= 4 is 11.9 Å². The Balaban J connectivity index is 2.12. The lowest BCUT2D eigenvalue weighted by atomic mass is 9.63. The highest BCUT2D eigenvalue weighted by molar-refractivity contribution is 5.94. The van der Waals surface area contributed by atoms with Crippen LogP contribution in [0, 0.1) is 23.7 Å². The van der Waals surface area contributed by atoms with Crippen molar-refractivity contribution in [1.82, 2.24) is 5.32 Å². The van der Waals surface area contributed by atoms with Crippen LogP contribution in [0.15, 0.2) is 35.5 Å². The first kappa shape index (κ1) is 21.8. The Morgan fingerprint density at radius 3 is 2.69 bits per heavy atom. The van der Waals surface area contributed by atoms with Gasteiger partial charge in [-0.1, -0.05) is 50.1 Å². The highest BCUT2D eigenvalue weighted by Gasteiger charge is 2.64. The molecular formula is C24H35NO4. The molecule has 5 nitrogen and oxygen atoms in total. The number of hydrogen-bond acceptors (Lipinski definition) is 4. The molecule has 1 aliphatic carbocycles. The molecule has 2 aliphatic heterocycles. The van der Waals surface area contributed by atoms with Gasteiger partial charge in [0, 0.05) is 24.0 Å². The molecule has 0 aromatic carbocycles. The molecule has 1 spiro atoms. The number of allylic oxidation sites excluding steroid dienone is 2. The smallest absolute Gasteiger partial charge is 0.331 e. The van der Waals surface area contributed by atoms with Crippen LogP contribution in [0.5, 0.6) is 0 Å². The van der Waals surface area contributed by atoms with E-state index in [0.717, 1.165) is 18.4 Å². The topological polar surface area (TPSA) is 75.6 Å². The second kappa shape index (κ2) is 8.47. The highest BCUT2D eigenvalue weighted by Crippen LogP contribution is 2.50. The van der Waals surface area contributed by atoms with Gasteiger partial charge in [0.15, 0.2) is 0 Å². The van der Waals surface area contributed by atoms with Crippen molar-refractivity contribution in [3.8, 4) is 0 Å². The molecule has 160 valence electrons. The third kappa shape index (κ3) is 4.20. The lowest BCUT2D eigenvalue weighted by molar-refractivity contribution is -0.172. The van der Waals surface area contributed by atoms with Crippen molar-refractivity contribution in [2.75, 3.05) is 0 Å². The molecule has 5 heteroatoms. The van der Waals surface area contributed by atoms with E-state index in [1.165, 1.54) is 11.6 Å². The van der Waals surface area contributed by atoms with Gasteiger partial charge >= 0.3 is 5.97 Å². The minimum Gasteiger partial charge on any atom is -0.444 e. The molecule has 1 saturated heterocycles. The second-order valence-corrected chi connectivity index (χ2v) is 9.52. The Hall–Kier alpha value is -1.88. The van der Waals surface area contributed by atoms with Crippen LogP contribution >= 0.6 is 0 Å². The number of rotatable bonds is 2. The molecule has 6 unspecified atom stereocenters. The summed E-state index contributed by atoms with van der Waals surface area (Å²) in [6.45, 7) is 10.6. The van der Waals surface area contributed by atoms with Gasteiger partial charge in [0.25, 0.3) is 5.91 Å². The van der Waals surface area contributed by atoms with E-state index in [9.17, 15) is 14.7 Å². The number of carbonyl (C=O) groups is 2. The summed E-state index contributed by atoms with van der Waals surface area (Å²) in [5.74, 6) is -0.560. The first-order valence-corrected chi connectivity index (χ1v) is 10.9. The predicted octanol–water partition coefficient (Wildman–Crippen LogP) is 3.69. The van der Waals surface area contributed by atoms with E-state index < -0.39 is 17.7 Å². The lowest BCUT2D eigenvalue weighted by Crippen LogP contribution is -2.56. The van der Waals surface area contributed by atoms with E-state index in [4.69, 9.17) is 4.74 Å². The molecule has 0 aromatic heterocycles. The third-order valence-corrected chi connectivity index (χ3v) is 6.79. The summed E-state index contributed by atoms with van der Waals surface area (Å²) in [4.78, 5) is 26.1. The Bertz CT molecular complexity index is 750. The number of aliphatic hydroxyl groups is 1. The van der Waals surface area contributed by atoms with Gasteiger partial charge in [-0.05, 0) is 51.4 Å². The molecular weight excluding hydrogens is 366 g/mol. The summed E-state index contributed by atoms with van der Waals surface area (Å²) in [5, 5.41) is 13.3. The molecule has 0 bridgehead atoms. The number of ether oxygens (including phenoxy) is 1. The van der Waals surface area contributed by atoms with E-state index in [1.54, 1.807) is 6.08 Å². The van der Waals surface area contributed by atoms with Gasteiger partial charge in [-0.2, -0.15) is 0 Å². The second-order valence-electron chi connectivity index (χ2n) is 9.52. The van der Waals surface area contributed by atoms with Crippen LogP contribution in [0.3, 0.4) is 0 Å². The molecule has 3 rings (SSSR count). The van der Waals surface area contributed by atoms with Gasteiger partial charge in [0.1, 0.15) is 0 Å². The fraction of sp³-hybridized carbons (Fsp3) is 0.667. The summed E-state index contributed by atoms with van der Waals surface area (Å²) < 4.78 is 6.06. The molecule has 1 fully saturated rings. The van der Waals surface area contributed by atoms with Gasteiger partial charge < -0.3 is 15.2 Å². The van der Waals surface area contributed by atoms with E-state index in [-0.39, 0.29) is 29.7 Å². The van der Waals surface area contributed by atoms with E-state index in [2.05, 4.69) is 45.2 Å². The summed E-state index contributed by atoms with van der Waals surface area (Å²) in [6, 6.07) is -0.0242. The Morgan fingerprint density at radius 2 is 2.00 bits per heavy atom. The fourth-order valence-electron chi connectivity index (χ4n) is 5.25. The normalized spacial score (nSPS) is 41.0. The van der Waals surface area contributed by atoms with Crippen molar-refractivity contribution < 1.29 is 19.4 Å². The average Bonchev–Trinajstić information content (AvgIpc) is 2.89. The van der Waals surface area contributed by atoms with Crippen LogP contribution in [0.2, 0.25) is 0 Å². The van der Waals surface area contributed by atoms with Gasteiger partial charge in [0.2, 0.25) is 5.60 Å². The average molecular weight is 402 g/mol. The van der Waals surface area contributed by atoms with Crippen LogP contribution in [-0.2, 0) is 14.3 Å². The third-order valence-electron chi connectivity index (χ3n) is 6.79. The fourth-order valence-corrected chi connectivity index (χ4v) is 5.25. The lowest BCUT2D eigenvalue weighted by Gasteiger charge is -2.45. The summed E-state index contributed by atoms with van der Waals surface area (Å²) in [7, 11) is 0. The molecule has 29 heavy (non-hydrogen) atoms. The molecule has 0 saturated carbocycles. The van der Waals surface area contributed by atoms with Gasteiger partial charge in [-0.25, -0.2) is 4.79 Å². The maximum absolute atomic E-state index is 13.4. The predicted molar refractivity (Wildman–Crippen MR) is 113 cm³/mol. The highest BCUT2D eigenvalue weighted by atomic mass is 16.6. The van der Waals surface area contributed by atoms with Crippen molar-refractivity contribution in [2.24, 2.45) is 23.7 Å². The Labute approximate surface area is 174 Å². The molecule has 1 amide bonds. The van der Waals surface area contributed by atoms with Crippen LogP contribution in [-0.4, -0.2) is 34.7 Å². The monoisotopic (exact) mass is 401 g/mol. The minimum absolute atomic E-state index is 0.0242. The van der Waals surface area contributed by atoms with Crippen molar-refractivity contribution in [3.63, 3.8) is 0 Å². The zero-order valence-corrected chi connectivity index (χ0v) is 18.3. The van der Waals surface area contributed by atoms with Crippen LogP contribution in [0.1, 0.15) is 60.3 Å². The number of aliphatic hydroxyl groups excluding tert-OH is 1. The molecule has 0 aromatic rings. The van der Waals surface area contributed by atoms with Gasteiger partial charge in [-0.3, -0.25) is 4.79 Å². The van der Waals surface area contributed by atoms with Crippen molar-refractivity contribution in [3.05, 3.63) is 35.5 Å². The van der Waals surface area contributed by atoms with Crippen molar-refractivity contribution in [1.29, 1.82) is 0 Å². The maximum atomic E-state index is 13.4. The minimum atomic E-state index is -1.22. The summed E-state index contributed by atoms with van der Waals surface area (Å²) in [5.41, 5.74) is 1.11. The van der Waals surface area contributed by atoms with Gasteiger partial charge in [0.05, 0.1) is 6.10 Å². The standard InChI is InChI=1S/C24H35NO4/c1-14(2)11-20-22-17(5)16(4)13-18-12-15(3)9-10-19(26)7-6-8-21(27)29-24(18,22)23(28)25-20/h6,8,12-14,17-20,22,26H,7,9-11H2,1-5H3,(H,25,28)/b8-6+,15-12+. The maximum Gasteiger partial charge on any atom is 0.331 e. The number of hydrogen-bond donors (Lipinski definition) is 2. The quantitative estimate of drug-likeness (QED) is 0.547. The largest absolute Gasteiger partial charge is 0.444 e. The van der Waals surface area contributed by atoms with E-state index in [1.807, 2.05) is 6.92 Å². The van der Waals surface area contributed by atoms with Crippen molar-refractivity contribution in [2.45, 2.75) is 78.0 Å².